The van der Waals surface area contributed by atoms with E-state index in [1.54, 1.807) is 25.3 Å². The van der Waals surface area contributed by atoms with Gasteiger partial charge in [-0.05, 0) is 47.9 Å². The smallest absolute Gasteiger partial charge is 0.256 e. The lowest BCUT2D eigenvalue weighted by atomic mass is 9.95. The summed E-state index contributed by atoms with van der Waals surface area (Å²) in [5.74, 6) is 0.876. The molecular weight excluding hydrogens is 380 g/mol. The Morgan fingerprint density at radius 1 is 1.13 bits per heavy atom. The molecule has 0 bridgehead atoms. The van der Waals surface area contributed by atoms with Crippen molar-refractivity contribution in [2.24, 2.45) is 0 Å². The van der Waals surface area contributed by atoms with Crippen molar-refractivity contribution in [3.8, 4) is 22.8 Å². The molecule has 0 saturated heterocycles. The number of Topliss-reactive ketones (excluding diaryl/α,β-unsaturated/α-hetero) is 1. The molecular formula is C24H22N2O4. The van der Waals surface area contributed by atoms with Crippen LogP contribution in [0.2, 0.25) is 0 Å². The SMILES string of the molecule is COc1ncccc1C(=O)NC[C@@H]1Cc2cc(-c3ccccc3C(C)=O)ccc2O1. The Kier molecular flexibility index (Phi) is 5.48. The molecule has 1 amide bonds. The number of ketones is 1. The number of hydrogen-bond acceptors (Lipinski definition) is 5. The fourth-order valence-electron chi connectivity index (χ4n) is 3.67. The van der Waals surface area contributed by atoms with Gasteiger partial charge in [0, 0.05) is 18.2 Å². The standard InChI is InChI=1S/C24H22N2O4/c1-15(27)19-6-3-4-7-20(19)16-9-10-22-17(12-16)13-18(30-22)14-26-23(28)21-8-5-11-25-24(21)29-2/h3-12,18H,13-14H2,1-2H3,(H,26,28)/t18-/m0/s1. The summed E-state index contributed by atoms with van der Waals surface area (Å²) >= 11 is 0. The molecule has 1 atom stereocenters. The molecule has 0 aliphatic carbocycles. The van der Waals surface area contributed by atoms with Crippen LogP contribution < -0.4 is 14.8 Å². The molecule has 4 rings (SSSR count). The van der Waals surface area contributed by atoms with Gasteiger partial charge in [0.1, 0.15) is 17.4 Å². The first-order chi connectivity index (χ1) is 14.6. The van der Waals surface area contributed by atoms with Crippen molar-refractivity contribution in [1.29, 1.82) is 0 Å². The third kappa shape index (κ3) is 3.89. The molecule has 0 fully saturated rings. The highest BCUT2D eigenvalue weighted by molar-refractivity contribution is 6.00. The van der Waals surface area contributed by atoms with Crippen LogP contribution >= 0.6 is 0 Å². The van der Waals surface area contributed by atoms with Crippen LogP contribution in [-0.4, -0.2) is 36.4 Å². The molecule has 1 aromatic heterocycles. The molecule has 0 saturated carbocycles. The number of nitrogens with one attached hydrogen (secondary N) is 1. The second kappa shape index (κ2) is 8.37. The monoisotopic (exact) mass is 402 g/mol. The fraction of sp³-hybridized carbons (Fsp3) is 0.208. The van der Waals surface area contributed by atoms with Gasteiger partial charge in [0.25, 0.3) is 5.91 Å². The molecule has 152 valence electrons. The predicted octanol–water partition coefficient (Wildman–Crippen LogP) is 3.69. The van der Waals surface area contributed by atoms with E-state index in [9.17, 15) is 9.59 Å². The van der Waals surface area contributed by atoms with Crippen LogP contribution in [0.4, 0.5) is 0 Å². The molecule has 1 aliphatic heterocycles. The van der Waals surface area contributed by atoms with Crippen LogP contribution in [0.15, 0.2) is 60.8 Å². The summed E-state index contributed by atoms with van der Waals surface area (Å²) in [4.78, 5) is 28.5. The maximum absolute atomic E-state index is 12.5. The maximum atomic E-state index is 12.5. The highest BCUT2D eigenvalue weighted by Gasteiger charge is 2.25. The number of hydrogen-bond donors (Lipinski definition) is 1. The molecule has 1 aliphatic rings. The van der Waals surface area contributed by atoms with Crippen molar-refractivity contribution in [2.75, 3.05) is 13.7 Å². The Morgan fingerprint density at radius 2 is 1.93 bits per heavy atom. The third-order valence-corrected chi connectivity index (χ3v) is 5.12. The van der Waals surface area contributed by atoms with E-state index in [2.05, 4.69) is 16.4 Å². The quantitative estimate of drug-likeness (QED) is 0.636. The average Bonchev–Trinajstić information content (AvgIpc) is 3.19. The second-order valence-electron chi connectivity index (χ2n) is 7.14. The van der Waals surface area contributed by atoms with E-state index >= 15 is 0 Å². The maximum Gasteiger partial charge on any atom is 0.256 e. The summed E-state index contributed by atoms with van der Waals surface area (Å²) in [5, 5.41) is 2.89. The van der Waals surface area contributed by atoms with Gasteiger partial charge in [-0.3, -0.25) is 9.59 Å². The van der Waals surface area contributed by atoms with Gasteiger partial charge in [0.15, 0.2) is 5.78 Å². The van der Waals surface area contributed by atoms with E-state index in [-0.39, 0.29) is 17.8 Å². The van der Waals surface area contributed by atoms with E-state index in [1.807, 2.05) is 36.4 Å². The number of rotatable bonds is 6. The first kappa shape index (κ1) is 19.6. The molecule has 6 nitrogen and oxygen atoms in total. The van der Waals surface area contributed by atoms with Gasteiger partial charge in [0.2, 0.25) is 5.88 Å². The molecule has 6 heteroatoms. The molecule has 0 spiro atoms. The average molecular weight is 402 g/mol. The fourth-order valence-corrected chi connectivity index (χ4v) is 3.67. The van der Waals surface area contributed by atoms with Crippen molar-refractivity contribution in [3.63, 3.8) is 0 Å². The van der Waals surface area contributed by atoms with Crippen molar-refractivity contribution >= 4 is 11.7 Å². The largest absolute Gasteiger partial charge is 0.488 e. The number of amides is 1. The third-order valence-electron chi connectivity index (χ3n) is 5.12. The molecule has 3 aromatic rings. The Hall–Kier alpha value is -3.67. The van der Waals surface area contributed by atoms with E-state index in [1.165, 1.54) is 7.11 Å². The van der Waals surface area contributed by atoms with Gasteiger partial charge < -0.3 is 14.8 Å². The number of pyridine rings is 1. The minimum Gasteiger partial charge on any atom is -0.488 e. The zero-order chi connectivity index (χ0) is 21.1. The van der Waals surface area contributed by atoms with Crippen molar-refractivity contribution in [2.45, 2.75) is 19.4 Å². The lowest BCUT2D eigenvalue weighted by molar-refractivity contribution is 0.0929. The van der Waals surface area contributed by atoms with Crippen LogP contribution in [0.1, 0.15) is 33.2 Å². The Bertz CT molecular complexity index is 1110. The second-order valence-corrected chi connectivity index (χ2v) is 7.14. The van der Waals surface area contributed by atoms with Gasteiger partial charge >= 0.3 is 0 Å². The number of carbonyl (C=O) groups excluding carboxylic acids is 2. The van der Waals surface area contributed by atoms with Crippen molar-refractivity contribution in [1.82, 2.24) is 10.3 Å². The van der Waals surface area contributed by atoms with Gasteiger partial charge in [-0.2, -0.15) is 0 Å². The first-order valence-electron chi connectivity index (χ1n) is 9.74. The Morgan fingerprint density at radius 3 is 2.73 bits per heavy atom. The zero-order valence-electron chi connectivity index (χ0n) is 16.8. The summed E-state index contributed by atoms with van der Waals surface area (Å²) in [6.45, 7) is 1.94. The van der Waals surface area contributed by atoms with Gasteiger partial charge in [-0.15, -0.1) is 0 Å². The van der Waals surface area contributed by atoms with Crippen LogP contribution in [0.5, 0.6) is 11.6 Å². The van der Waals surface area contributed by atoms with E-state index < -0.39 is 0 Å². The highest BCUT2D eigenvalue weighted by atomic mass is 16.5. The highest BCUT2D eigenvalue weighted by Crippen LogP contribution is 2.34. The molecule has 30 heavy (non-hydrogen) atoms. The summed E-state index contributed by atoms with van der Waals surface area (Å²) in [6.07, 6.45) is 2.09. The van der Waals surface area contributed by atoms with Gasteiger partial charge in [-0.1, -0.05) is 30.3 Å². The number of aromatic nitrogens is 1. The summed E-state index contributed by atoms with van der Waals surface area (Å²) in [7, 11) is 1.48. The van der Waals surface area contributed by atoms with Gasteiger partial charge in [0.05, 0.1) is 13.7 Å². The van der Waals surface area contributed by atoms with Crippen LogP contribution in [0, 0.1) is 0 Å². The minimum absolute atomic E-state index is 0.0359. The normalized spacial score (nSPS) is 14.5. The first-order valence-corrected chi connectivity index (χ1v) is 9.74. The predicted molar refractivity (Wildman–Crippen MR) is 113 cm³/mol. The Balaban J connectivity index is 1.46. The number of methoxy groups -OCH3 is 1. The number of nitrogens with zero attached hydrogens (tertiary/aromatic N) is 1. The molecule has 2 heterocycles. The van der Waals surface area contributed by atoms with Gasteiger partial charge in [-0.25, -0.2) is 4.98 Å². The summed E-state index contributed by atoms with van der Waals surface area (Å²) < 4.78 is 11.1. The Labute approximate surface area is 174 Å². The molecule has 0 unspecified atom stereocenters. The summed E-state index contributed by atoms with van der Waals surface area (Å²) in [6, 6.07) is 16.9. The molecule has 2 aromatic carbocycles. The van der Waals surface area contributed by atoms with E-state index in [0.717, 1.165) is 22.4 Å². The lowest BCUT2D eigenvalue weighted by Gasteiger charge is -2.12. The lowest BCUT2D eigenvalue weighted by Crippen LogP contribution is -2.34. The van der Waals surface area contributed by atoms with Crippen LogP contribution in [0.3, 0.4) is 0 Å². The molecule has 0 radical (unpaired) electrons. The van der Waals surface area contributed by atoms with Crippen LogP contribution in [-0.2, 0) is 6.42 Å². The number of fused-ring (bicyclic) bond motifs is 1. The molecule has 1 N–H and O–H groups in total. The number of benzene rings is 2. The topological polar surface area (TPSA) is 77.5 Å². The summed E-state index contributed by atoms with van der Waals surface area (Å²) in [5.41, 5.74) is 4.04. The number of carbonyl (C=O) groups is 2. The van der Waals surface area contributed by atoms with E-state index in [0.29, 0.717) is 30.0 Å². The number of ether oxygens (including phenoxy) is 2. The minimum atomic E-state index is -0.254. The van der Waals surface area contributed by atoms with Crippen molar-refractivity contribution < 1.29 is 19.1 Å². The zero-order valence-corrected chi connectivity index (χ0v) is 16.8. The van der Waals surface area contributed by atoms with Crippen molar-refractivity contribution in [3.05, 3.63) is 77.5 Å². The van der Waals surface area contributed by atoms with E-state index in [4.69, 9.17) is 9.47 Å². The van der Waals surface area contributed by atoms with Crippen LogP contribution in [0.25, 0.3) is 11.1 Å².